The molecule has 0 saturated heterocycles. The van der Waals surface area contributed by atoms with Gasteiger partial charge in [-0.05, 0) is 183 Å². The summed E-state index contributed by atoms with van der Waals surface area (Å²) in [6.07, 6.45) is 17.9. The molecule has 0 atom stereocenters. The molecule has 304 valence electrons. The molecule has 4 saturated carbocycles. The van der Waals surface area contributed by atoms with Gasteiger partial charge in [0.25, 0.3) is 0 Å². The molecule has 4 fully saturated rings. The van der Waals surface area contributed by atoms with Gasteiger partial charge in [0, 0.05) is 22.5 Å². The minimum Gasteiger partial charge on any atom is -0.310 e. The van der Waals surface area contributed by atoms with E-state index < -0.39 is 0 Å². The van der Waals surface area contributed by atoms with E-state index in [0.29, 0.717) is 5.41 Å². The first-order chi connectivity index (χ1) is 30.4. The molecule has 6 aliphatic rings. The molecule has 4 bridgehead atoms. The van der Waals surface area contributed by atoms with Crippen molar-refractivity contribution in [2.45, 2.75) is 76.0 Å². The highest BCUT2D eigenvalue weighted by Gasteiger charge is 2.51. The Morgan fingerprint density at radius 2 is 0.968 bits per heavy atom. The van der Waals surface area contributed by atoms with Gasteiger partial charge in [0.05, 0.1) is 0 Å². The second kappa shape index (κ2) is 14.7. The Kier molecular flexibility index (Phi) is 8.93. The van der Waals surface area contributed by atoms with Crippen LogP contribution in [0.1, 0.15) is 87.5 Å². The molecule has 0 N–H and O–H groups in total. The Labute approximate surface area is 368 Å². The first-order valence-electron chi connectivity index (χ1n) is 23.3. The third-order valence-corrected chi connectivity index (χ3v) is 15.7. The Morgan fingerprint density at radius 3 is 1.60 bits per heavy atom. The van der Waals surface area contributed by atoms with E-state index in [2.05, 4.69) is 201 Å². The van der Waals surface area contributed by atoms with E-state index in [1.54, 1.807) is 5.56 Å². The van der Waals surface area contributed by atoms with Crippen LogP contribution in [-0.4, -0.2) is 0 Å². The van der Waals surface area contributed by atoms with E-state index in [0.717, 1.165) is 42.0 Å². The van der Waals surface area contributed by atoms with Crippen LogP contribution in [0.4, 0.5) is 17.1 Å². The summed E-state index contributed by atoms with van der Waals surface area (Å²) >= 11 is 0. The van der Waals surface area contributed by atoms with E-state index in [1.165, 1.54) is 111 Å². The summed E-state index contributed by atoms with van der Waals surface area (Å²) in [5.74, 6) is 2.91. The van der Waals surface area contributed by atoms with E-state index >= 15 is 0 Å². The van der Waals surface area contributed by atoms with Crippen LogP contribution in [0.3, 0.4) is 0 Å². The molecule has 7 aromatic carbocycles. The average Bonchev–Trinajstić information content (AvgIpc) is 3.55. The lowest BCUT2D eigenvalue weighted by molar-refractivity contribution is -0.00518. The number of hydrogen-bond acceptors (Lipinski definition) is 1. The van der Waals surface area contributed by atoms with Crippen LogP contribution in [0.25, 0.3) is 50.1 Å². The van der Waals surface area contributed by atoms with Crippen molar-refractivity contribution >= 4 is 22.6 Å². The predicted octanol–water partition coefficient (Wildman–Crippen LogP) is 16.7. The van der Waals surface area contributed by atoms with Crippen LogP contribution in [0.15, 0.2) is 182 Å². The van der Waals surface area contributed by atoms with Crippen molar-refractivity contribution in [3.63, 3.8) is 0 Å². The lowest BCUT2D eigenvalue weighted by Crippen LogP contribution is -2.48. The topological polar surface area (TPSA) is 3.24 Å². The van der Waals surface area contributed by atoms with Crippen molar-refractivity contribution < 1.29 is 0 Å². The number of hydrogen-bond donors (Lipinski definition) is 0. The lowest BCUT2D eigenvalue weighted by atomic mass is 9.48. The number of benzene rings is 7. The molecule has 0 radical (unpaired) electrons. The highest BCUT2D eigenvalue weighted by Crippen LogP contribution is 2.61. The van der Waals surface area contributed by atoms with Gasteiger partial charge in [0.2, 0.25) is 0 Å². The number of rotatable bonds is 8. The van der Waals surface area contributed by atoms with Gasteiger partial charge in [0.15, 0.2) is 0 Å². The minimum atomic E-state index is -0.0983. The molecule has 0 aliphatic heterocycles. The first-order valence-corrected chi connectivity index (χ1v) is 23.3. The van der Waals surface area contributed by atoms with Crippen LogP contribution in [0.5, 0.6) is 0 Å². The molecular formula is C61H55N. The monoisotopic (exact) mass is 801 g/mol. The highest BCUT2D eigenvalue weighted by molar-refractivity contribution is 5.91. The highest BCUT2D eigenvalue weighted by atomic mass is 15.1. The lowest BCUT2D eigenvalue weighted by Gasteiger charge is -2.57. The maximum Gasteiger partial charge on any atom is 0.0468 e. The molecule has 7 aromatic rings. The van der Waals surface area contributed by atoms with Crippen molar-refractivity contribution in [3.05, 3.63) is 204 Å². The SMILES string of the molecule is CC1(C)c2ccccc2-c2ccc(N(c3ccc(-c4ccc(-c5ccc(C67CC8CC(CC(C8)C6)C7)cc5)cc4)cc3)c3ccc(C4=CCCC=C4)c(-c4ccccc4)c3)cc21. The smallest absolute Gasteiger partial charge is 0.0468 e. The third-order valence-electron chi connectivity index (χ3n) is 15.7. The van der Waals surface area contributed by atoms with E-state index in [9.17, 15) is 0 Å². The Hall–Kier alpha value is -6.18. The van der Waals surface area contributed by atoms with E-state index in [4.69, 9.17) is 0 Å². The van der Waals surface area contributed by atoms with Crippen LogP contribution in [0.2, 0.25) is 0 Å². The minimum absolute atomic E-state index is 0.0983. The summed E-state index contributed by atoms with van der Waals surface area (Å²) in [5, 5.41) is 0. The number of allylic oxidation sites excluding steroid dienone is 4. The third kappa shape index (κ3) is 6.35. The summed E-state index contributed by atoms with van der Waals surface area (Å²) < 4.78 is 0. The zero-order chi connectivity index (χ0) is 41.4. The molecule has 0 heterocycles. The van der Waals surface area contributed by atoms with Gasteiger partial charge in [0.1, 0.15) is 0 Å². The van der Waals surface area contributed by atoms with Gasteiger partial charge >= 0.3 is 0 Å². The van der Waals surface area contributed by atoms with Gasteiger partial charge < -0.3 is 4.90 Å². The second-order valence-electron chi connectivity index (χ2n) is 19.9. The molecule has 0 amide bonds. The summed E-state index contributed by atoms with van der Waals surface area (Å²) in [4.78, 5) is 2.46. The van der Waals surface area contributed by atoms with Crippen LogP contribution in [-0.2, 0) is 10.8 Å². The molecular weight excluding hydrogens is 747 g/mol. The summed E-state index contributed by atoms with van der Waals surface area (Å²) in [6, 6.07) is 62.2. The zero-order valence-electron chi connectivity index (χ0n) is 36.2. The number of anilines is 3. The maximum atomic E-state index is 2.47. The number of fused-ring (bicyclic) bond motifs is 3. The molecule has 0 unspecified atom stereocenters. The molecule has 1 nitrogen and oxygen atoms in total. The largest absolute Gasteiger partial charge is 0.310 e. The summed E-state index contributed by atoms with van der Waals surface area (Å²) in [7, 11) is 0. The zero-order valence-corrected chi connectivity index (χ0v) is 36.2. The van der Waals surface area contributed by atoms with Gasteiger partial charge in [-0.25, -0.2) is 0 Å². The Morgan fingerprint density at radius 1 is 0.435 bits per heavy atom. The Balaban J connectivity index is 0.887. The van der Waals surface area contributed by atoms with Crippen molar-refractivity contribution in [2.24, 2.45) is 17.8 Å². The van der Waals surface area contributed by atoms with Crippen LogP contribution in [0, 0.1) is 17.8 Å². The van der Waals surface area contributed by atoms with E-state index in [1.807, 2.05) is 0 Å². The number of nitrogens with zero attached hydrogens (tertiary/aromatic N) is 1. The molecule has 0 aromatic heterocycles. The van der Waals surface area contributed by atoms with Gasteiger partial charge in [-0.1, -0.05) is 159 Å². The van der Waals surface area contributed by atoms with Crippen molar-refractivity contribution in [3.8, 4) is 44.5 Å². The quantitative estimate of drug-likeness (QED) is 0.148. The standard InChI is InChI=1S/C61H55N/c1-60(2)58-16-10-9-15-55(58)56-32-30-53(37-59(56)60)62(52-29-31-54(48-11-5-3-6-12-48)57(36-52)49-13-7-4-8-14-49)51-27-23-47(24-28-51)45-19-17-44(18-20-45)46-21-25-50(26-22-46)61-38-41-33-42(39-61)35-43(34-41)40-61/h4-5,7-32,36-37,41-43H,3,6,33-35,38-40H2,1-2H3. The first kappa shape index (κ1) is 37.6. The van der Waals surface area contributed by atoms with Gasteiger partial charge in [-0.3, -0.25) is 0 Å². The normalized spacial score (nSPS) is 22.5. The fourth-order valence-electron chi connectivity index (χ4n) is 13.0. The van der Waals surface area contributed by atoms with Crippen LogP contribution >= 0.6 is 0 Å². The fraction of sp³-hybridized carbons (Fsp3) is 0.246. The van der Waals surface area contributed by atoms with E-state index in [-0.39, 0.29) is 5.41 Å². The van der Waals surface area contributed by atoms with Crippen molar-refractivity contribution in [2.75, 3.05) is 4.90 Å². The van der Waals surface area contributed by atoms with Crippen molar-refractivity contribution in [1.29, 1.82) is 0 Å². The Bertz CT molecular complexity index is 2840. The average molecular weight is 802 g/mol. The van der Waals surface area contributed by atoms with Crippen LogP contribution < -0.4 is 4.90 Å². The van der Waals surface area contributed by atoms with Crippen molar-refractivity contribution in [1.82, 2.24) is 0 Å². The second-order valence-corrected chi connectivity index (χ2v) is 19.9. The molecule has 0 spiro atoms. The molecule has 6 aliphatic carbocycles. The predicted molar refractivity (Wildman–Crippen MR) is 261 cm³/mol. The summed E-state index contributed by atoms with van der Waals surface area (Å²) in [5.41, 5.74) is 21.0. The molecule has 13 rings (SSSR count). The maximum absolute atomic E-state index is 2.47. The summed E-state index contributed by atoms with van der Waals surface area (Å²) in [6.45, 7) is 4.75. The van der Waals surface area contributed by atoms with Gasteiger partial charge in [-0.2, -0.15) is 0 Å². The molecule has 1 heteroatoms. The fourth-order valence-corrected chi connectivity index (χ4v) is 13.0. The van der Waals surface area contributed by atoms with Gasteiger partial charge in [-0.15, -0.1) is 0 Å². The molecule has 62 heavy (non-hydrogen) atoms.